The van der Waals surface area contributed by atoms with Crippen molar-refractivity contribution in [1.29, 1.82) is 0 Å². The number of aliphatic hydroxyl groups excluding tert-OH is 3. The lowest BCUT2D eigenvalue weighted by molar-refractivity contribution is -0.152. The van der Waals surface area contributed by atoms with Crippen molar-refractivity contribution in [3.05, 3.63) is 30.0 Å². The zero-order valence-electron chi connectivity index (χ0n) is 17.6. The zero-order valence-corrected chi connectivity index (χ0v) is 17.6. The highest BCUT2D eigenvalue weighted by molar-refractivity contribution is 5.72. The molecule has 1 amide bonds. The third kappa shape index (κ3) is 5.48. The summed E-state index contributed by atoms with van der Waals surface area (Å²) in [5, 5.41) is 32.6. The number of ether oxygens (including phenoxy) is 2. The molecule has 1 saturated heterocycles. The normalized spacial score (nSPS) is 27.4. The molecule has 0 saturated carbocycles. The summed E-state index contributed by atoms with van der Waals surface area (Å²) in [6, 6.07) is 4.98. The lowest BCUT2D eigenvalue weighted by atomic mass is 9.98. The molecule has 2 aliphatic rings. The lowest BCUT2D eigenvalue weighted by Crippen LogP contribution is -2.56. The summed E-state index contributed by atoms with van der Waals surface area (Å²) in [7, 11) is 0. The van der Waals surface area contributed by atoms with Crippen LogP contribution in [0.2, 0.25) is 0 Å². The second kappa shape index (κ2) is 9.30. The van der Waals surface area contributed by atoms with E-state index in [0.29, 0.717) is 25.3 Å². The predicted octanol–water partition coefficient (Wildman–Crippen LogP) is 0.999. The standard InChI is InChI=1S/C21H31N3O6/c1-21(2,3)30-20(28)24-9-7-13(8-10-24)14-5-4-6-17(22-14)23-15-12-29-16(11-25)19(27)18(15)26/h4-7,15-16,18-19,25-27H,8-12H2,1-3H3,(H,22,23)/t15-,16+,18+,19-/m0/s1. The smallest absolute Gasteiger partial charge is 0.410 e. The highest BCUT2D eigenvalue weighted by atomic mass is 16.6. The maximum atomic E-state index is 12.2. The molecular weight excluding hydrogens is 390 g/mol. The molecule has 0 radical (unpaired) electrons. The molecule has 0 unspecified atom stereocenters. The Hall–Kier alpha value is -2.20. The monoisotopic (exact) mass is 421 g/mol. The molecule has 4 N–H and O–H groups in total. The number of hydrogen-bond acceptors (Lipinski definition) is 8. The summed E-state index contributed by atoms with van der Waals surface area (Å²) >= 11 is 0. The minimum absolute atomic E-state index is 0.142. The molecule has 3 heterocycles. The Morgan fingerprint density at radius 2 is 2.10 bits per heavy atom. The molecular formula is C21H31N3O6. The van der Waals surface area contributed by atoms with Gasteiger partial charge < -0.3 is 35.0 Å². The van der Waals surface area contributed by atoms with Gasteiger partial charge >= 0.3 is 6.09 Å². The fourth-order valence-corrected chi connectivity index (χ4v) is 3.45. The van der Waals surface area contributed by atoms with E-state index in [0.717, 1.165) is 11.3 Å². The Balaban J connectivity index is 1.63. The van der Waals surface area contributed by atoms with Crippen molar-refractivity contribution < 1.29 is 29.6 Å². The minimum Gasteiger partial charge on any atom is -0.444 e. The van der Waals surface area contributed by atoms with E-state index in [9.17, 15) is 20.1 Å². The third-order valence-corrected chi connectivity index (χ3v) is 5.09. The predicted molar refractivity (Wildman–Crippen MR) is 111 cm³/mol. The van der Waals surface area contributed by atoms with Gasteiger partial charge in [-0.3, -0.25) is 0 Å². The van der Waals surface area contributed by atoms with E-state index in [1.165, 1.54) is 0 Å². The largest absolute Gasteiger partial charge is 0.444 e. The fraction of sp³-hybridized carbons (Fsp3) is 0.619. The van der Waals surface area contributed by atoms with Crippen LogP contribution in [0.15, 0.2) is 24.3 Å². The van der Waals surface area contributed by atoms with Gasteiger partial charge in [0.2, 0.25) is 0 Å². The van der Waals surface area contributed by atoms with Crippen LogP contribution in [0.25, 0.3) is 5.57 Å². The Labute approximate surface area is 176 Å². The first kappa shape index (κ1) is 22.5. The molecule has 9 heteroatoms. The Morgan fingerprint density at radius 3 is 2.73 bits per heavy atom. The molecule has 0 aliphatic carbocycles. The topological polar surface area (TPSA) is 124 Å². The minimum atomic E-state index is -1.18. The number of aliphatic hydroxyl groups is 3. The number of carbonyl (C=O) groups is 1. The van der Waals surface area contributed by atoms with Crippen LogP contribution in [0.3, 0.4) is 0 Å². The van der Waals surface area contributed by atoms with Crippen LogP contribution in [0.4, 0.5) is 10.6 Å². The van der Waals surface area contributed by atoms with E-state index in [4.69, 9.17) is 9.47 Å². The number of anilines is 1. The second-order valence-electron chi connectivity index (χ2n) is 8.60. The van der Waals surface area contributed by atoms with Gasteiger partial charge in [0.25, 0.3) is 0 Å². The van der Waals surface area contributed by atoms with Gasteiger partial charge in [0.05, 0.1) is 24.9 Å². The first-order valence-corrected chi connectivity index (χ1v) is 10.2. The van der Waals surface area contributed by atoms with Crippen molar-refractivity contribution in [2.75, 3.05) is 31.6 Å². The number of amides is 1. The molecule has 9 nitrogen and oxygen atoms in total. The van der Waals surface area contributed by atoms with Crippen molar-refractivity contribution in [2.45, 2.75) is 57.1 Å². The first-order valence-electron chi connectivity index (χ1n) is 10.2. The van der Waals surface area contributed by atoms with Gasteiger partial charge in [0.1, 0.15) is 29.7 Å². The van der Waals surface area contributed by atoms with Crippen LogP contribution in [-0.4, -0.2) is 87.6 Å². The van der Waals surface area contributed by atoms with E-state index >= 15 is 0 Å². The molecule has 1 fully saturated rings. The van der Waals surface area contributed by atoms with Gasteiger partial charge in [-0.2, -0.15) is 0 Å². The molecule has 0 bridgehead atoms. The molecule has 2 aliphatic heterocycles. The molecule has 0 spiro atoms. The van der Waals surface area contributed by atoms with Gasteiger partial charge in [0.15, 0.2) is 0 Å². The number of nitrogens with zero attached hydrogens (tertiary/aromatic N) is 2. The molecule has 4 atom stereocenters. The second-order valence-corrected chi connectivity index (χ2v) is 8.60. The average molecular weight is 421 g/mol. The lowest BCUT2D eigenvalue weighted by Gasteiger charge is -2.37. The van der Waals surface area contributed by atoms with Crippen molar-refractivity contribution in [3.63, 3.8) is 0 Å². The van der Waals surface area contributed by atoms with Gasteiger partial charge in [-0.25, -0.2) is 9.78 Å². The molecule has 1 aromatic rings. The number of hydrogen-bond donors (Lipinski definition) is 4. The highest BCUT2D eigenvalue weighted by Crippen LogP contribution is 2.24. The summed E-state index contributed by atoms with van der Waals surface area (Å²) in [6.07, 6.45) is -0.762. The van der Waals surface area contributed by atoms with E-state index in [-0.39, 0.29) is 19.3 Å². The van der Waals surface area contributed by atoms with E-state index in [2.05, 4.69) is 10.3 Å². The van der Waals surface area contributed by atoms with Crippen LogP contribution in [0, 0.1) is 0 Å². The number of rotatable bonds is 4. The zero-order chi connectivity index (χ0) is 21.9. The maximum Gasteiger partial charge on any atom is 0.410 e. The molecule has 30 heavy (non-hydrogen) atoms. The summed E-state index contributed by atoms with van der Waals surface area (Å²) in [6.45, 7) is 6.31. The SMILES string of the molecule is CC(C)(C)OC(=O)N1CC=C(c2cccc(N[C@H]3CO[C@H](CO)[C@H](O)[C@@H]3O)n2)CC1. The van der Waals surface area contributed by atoms with E-state index < -0.39 is 30.0 Å². The van der Waals surface area contributed by atoms with Crippen LogP contribution in [0.1, 0.15) is 32.9 Å². The summed E-state index contributed by atoms with van der Waals surface area (Å²) < 4.78 is 10.8. The number of nitrogens with one attached hydrogen (secondary N) is 1. The Morgan fingerprint density at radius 1 is 1.33 bits per heavy atom. The Kier molecular flexibility index (Phi) is 6.97. The highest BCUT2D eigenvalue weighted by Gasteiger charge is 2.38. The van der Waals surface area contributed by atoms with Crippen molar-refractivity contribution in [2.24, 2.45) is 0 Å². The van der Waals surface area contributed by atoms with Gasteiger partial charge in [-0.15, -0.1) is 0 Å². The number of aromatic nitrogens is 1. The van der Waals surface area contributed by atoms with Gasteiger partial charge in [-0.05, 0) is 44.9 Å². The molecule has 166 valence electrons. The van der Waals surface area contributed by atoms with E-state index in [1.54, 1.807) is 11.0 Å². The fourth-order valence-electron chi connectivity index (χ4n) is 3.45. The van der Waals surface area contributed by atoms with Crippen molar-refractivity contribution in [1.82, 2.24) is 9.88 Å². The van der Waals surface area contributed by atoms with E-state index in [1.807, 2.05) is 39.0 Å². The Bertz CT molecular complexity index is 778. The average Bonchev–Trinajstić information content (AvgIpc) is 2.71. The summed E-state index contributed by atoms with van der Waals surface area (Å²) in [4.78, 5) is 18.5. The molecule has 1 aromatic heterocycles. The number of pyridine rings is 1. The van der Waals surface area contributed by atoms with Gasteiger partial charge in [-0.1, -0.05) is 12.1 Å². The van der Waals surface area contributed by atoms with Crippen molar-refractivity contribution in [3.8, 4) is 0 Å². The van der Waals surface area contributed by atoms with Gasteiger partial charge in [0, 0.05) is 13.1 Å². The van der Waals surface area contributed by atoms with Crippen LogP contribution in [0.5, 0.6) is 0 Å². The quantitative estimate of drug-likeness (QED) is 0.568. The first-order chi connectivity index (χ1) is 14.2. The van der Waals surface area contributed by atoms with Crippen LogP contribution >= 0.6 is 0 Å². The summed E-state index contributed by atoms with van der Waals surface area (Å²) in [5.74, 6) is 0.547. The summed E-state index contributed by atoms with van der Waals surface area (Å²) in [5.41, 5.74) is 1.28. The molecule has 3 rings (SSSR count). The molecule has 0 aromatic carbocycles. The van der Waals surface area contributed by atoms with Crippen molar-refractivity contribution >= 4 is 17.5 Å². The van der Waals surface area contributed by atoms with Crippen LogP contribution < -0.4 is 5.32 Å². The van der Waals surface area contributed by atoms with Crippen LogP contribution in [-0.2, 0) is 9.47 Å². The third-order valence-electron chi connectivity index (χ3n) is 5.09. The maximum absolute atomic E-state index is 12.2. The number of carbonyl (C=O) groups excluding carboxylic acids is 1.